The zero-order valence-electron chi connectivity index (χ0n) is 14.0. The Bertz CT molecular complexity index is 478. The minimum atomic E-state index is -1.75. The summed E-state index contributed by atoms with van der Waals surface area (Å²) in [6.07, 6.45) is -13.6. The van der Waals surface area contributed by atoms with Crippen molar-refractivity contribution in [2.75, 3.05) is 13.2 Å². The Morgan fingerprint density at radius 2 is 1.54 bits per heavy atom. The third-order valence-corrected chi connectivity index (χ3v) is 4.38. The number of aliphatic hydroxyl groups is 7. The van der Waals surface area contributed by atoms with Crippen LogP contribution in [0, 0.1) is 0 Å². The second-order valence-electron chi connectivity index (χ2n) is 6.26. The third-order valence-electron chi connectivity index (χ3n) is 4.38. The SMILES string of the molecule is CC(=O)N[C@H]1[C@@H](O[C@@H]2[C@H](O)[C@@H](O)[C@@H](O)O[C@@H]2CO)O[C@H](CO)[C@@H](O)[C@@H]1O. The fourth-order valence-corrected chi connectivity index (χ4v) is 2.98. The first-order valence-corrected chi connectivity index (χ1v) is 8.06. The fraction of sp³-hybridized carbons (Fsp3) is 0.929. The van der Waals surface area contributed by atoms with Gasteiger partial charge in [-0.15, -0.1) is 0 Å². The first kappa shape index (κ1) is 21.4. The van der Waals surface area contributed by atoms with Crippen molar-refractivity contribution in [3.8, 4) is 0 Å². The predicted octanol–water partition coefficient (Wildman–Crippen LogP) is -5.25. The first-order valence-electron chi connectivity index (χ1n) is 8.06. The lowest BCUT2D eigenvalue weighted by molar-refractivity contribution is -0.341. The van der Waals surface area contributed by atoms with Crippen LogP contribution in [0.5, 0.6) is 0 Å². The second-order valence-corrected chi connectivity index (χ2v) is 6.26. The molecule has 12 nitrogen and oxygen atoms in total. The molecule has 152 valence electrons. The molecule has 0 radical (unpaired) electrons. The van der Waals surface area contributed by atoms with Gasteiger partial charge in [0, 0.05) is 6.92 Å². The highest BCUT2D eigenvalue weighted by atomic mass is 16.7. The van der Waals surface area contributed by atoms with E-state index in [-0.39, 0.29) is 0 Å². The number of aliphatic hydroxyl groups excluding tert-OH is 7. The Morgan fingerprint density at radius 3 is 2.08 bits per heavy atom. The molecule has 8 N–H and O–H groups in total. The lowest BCUT2D eigenvalue weighted by atomic mass is 9.95. The van der Waals surface area contributed by atoms with Crippen LogP contribution in [0.2, 0.25) is 0 Å². The van der Waals surface area contributed by atoms with Crippen LogP contribution in [0.25, 0.3) is 0 Å². The largest absolute Gasteiger partial charge is 0.394 e. The van der Waals surface area contributed by atoms with E-state index in [1.807, 2.05) is 0 Å². The summed E-state index contributed by atoms with van der Waals surface area (Å²) in [7, 11) is 0. The number of hydrogen-bond donors (Lipinski definition) is 8. The summed E-state index contributed by atoms with van der Waals surface area (Å²) in [6.45, 7) is -0.194. The summed E-state index contributed by atoms with van der Waals surface area (Å²) in [5.41, 5.74) is 0. The highest BCUT2D eigenvalue weighted by molar-refractivity contribution is 5.73. The van der Waals surface area contributed by atoms with E-state index < -0.39 is 80.5 Å². The highest BCUT2D eigenvalue weighted by Crippen LogP contribution is 2.28. The maximum Gasteiger partial charge on any atom is 0.217 e. The summed E-state index contributed by atoms with van der Waals surface area (Å²) in [6, 6.07) is -1.28. The van der Waals surface area contributed by atoms with Crippen molar-refractivity contribution < 1.29 is 54.8 Å². The van der Waals surface area contributed by atoms with E-state index in [1.54, 1.807) is 0 Å². The van der Waals surface area contributed by atoms with Gasteiger partial charge in [-0.3, -0.25) is 4.79 Å². The van der Waals surface area contributed by atoms with E-state index in [2.05, 4.69) is 5.32 Å². The Labute approximate surface area is 148 Å². The smallest absolute Gasteiger partial charge is 0.217 e. The average Bonchev–Trinajstić information content (AvgIpc) is 2.60. The van der Waals surface area contributed by atoms with Crippen LogP contribution in [0.1, 0.15) is 6.92 Å². The zero-order chi connectivity index (χ0) is 19.6. The molecule has 2 heterocycles. The molecular weight excluding hydrogens is 358 g/mol. The number of amides is 1. The number of ether oxygens (including phenoxy) is 3. The summed E-state index contributed by atoms with van der Waals surface area (Å²) >= 11 is 0. The topological polar surface area (TPSA) is 198 Å². The molecule has 2 aliphatic rings. The molecule has 0 aromatic heterocycles. The van der Waals surface area contributed by atoms with Crippen molar-refractivity contribution in [3.05, 3.63) is 0 Å². The van der Waals surface area contributed by atoms with Crippen molar-refractivity contribution >= 4 is 5.91 Å². The van der Waals surface area contributed by atoms with Crippen LogP contribution in [0.15, 0.2) is 0 Å². The number of carbonyl (C=O) groups is 1. The molecule has 0 aromatic carbocycles. The van der Waals surface area contributed by atoms with Crippen molar-refractivity contribution in [1.29, 1.82) is 0 Å². The van der Waals surface area contributed by atoms with Gasteiger partial charge in [0.05, 0.1) is 13.2 Å². The van der Waals surface area contributed by atoms with E-state index in [9.17, 15) is 40.5 Å². The molecule has 0 aliphatic carbocycles. The van der Waals surface area contributed by atoms with Gasteiger partial charge < -0.3 is 55.3 Å². The van der Waals surface area contributed by atoms with Gasteiger partial charge >= 0.3 is 0 Å². The number of nitrogens with one attached hydrogen (secondary N) is 1. The van der Waals surface area contributed by atoms with Crippen LogP contribution in [-0.2, 0) is 19.0 Å². The van der Waals surface area contributed by atoms with E-state index in [4.69, 9.17) is 14.2 Å². The molecular formula is C14H25NO11. The molecule has 2 rings (SSSR count). The van der Waals surface area contributed by atoms with Gasteiger partial charge in [-0.05, 0) is 0 Å². The third kappa shape index (κ3) is 4.31. The fourth-order valence-electron chi connectivity index (χ4n) is 2.98. The van der Waals surface area contributed by atoms with Gasteiger partial charge in [0.1, 0.15) is 48.8 Å². The molecule has 2 fully saturated rings. The molecule has 0 spiro atoms. The van der Waals surface area contributed by atoms with Crippen LogP contribution in [-0.4, -0.2) is 116 Å². The van der Waals surface area contributed by atoms with E-state index >= 15 is 0 Å². The molecule has 0 aromatic rings. The average molecular weight is 383 g/mol. The van der Waals surface area contributed by atoms with Crippen LogP contribution in [0.3, 0.4) is 0 Å². The van der Waals surface area contributed by atoms with Crippen molar-refractivity contribution in [3.63, 3.8) is 0 Å². The van der Waals surface area contributed by atoms with Gasteiger partial charge in [-0.25, -0.2) is 0 Å². The Balaban J connectivity index is 2.22. The Morgan fingerprint density at radius 1 is 0.923 bits per heavy atom. The van der Waals surface area contributed by atoms with Gasteiger partial charge in [-0.1, -0.05) is 0 Å². The molecule has 12 heteroatoms. The quantitative estimate of drug-likeness (QED) is 0.226. The monoisotopic (exact) mass is 383 g/mol. The summed E-state index contributed by atoms with van der Waals surface area (Å²) in [4.78, 5) is 11.4. The molecule has 0 unspecified atom stereocenters. The van der Waals surface area contributed by atoms with Crippen LogP contribution >= 0.6 is 0 Å². The predicted molar refractivity (Wildman–Crippen MR) is 80.2 cm³/mol. The Hall–Kier alpha value is -0.930. The van der Waals surface area contributed by atoms with Crippen molar-refractivity contribution in [2.45, 2.75) is 68.3 Å². The van der Waals surface area contributed by atoms with Crippen molar-refractivity contribution in [1.82, 2.24) is 5.32 Å². The normalized spacial score (nSPS) is 46.8. The minimum absolute atomic E-state index is 0.574. The maximum absolute atomic E-state index is 11.4. The highest BCUT2D eigenvalue weighted by Gasteiger charge is 2.50. The van der Waals surface area contributed by atoms with E-state index in [0.29, 0.717) is 0 Å². The van der Waals surface area contributed by atoms with Gasteiger partial charge in [0.2, 0.25) is 5.91 Å². The van der Waals surface area contributed by atoms with Gasteiger partial charge in [0.25, 0.3) is 0 Å². The van der Waals surface area contributed by atoms with Crippen LogP contribution in [0.4, 0.5) is 0 Å². The molecule has 1 amide bonds. The lowest BCUT2D eigenvalue weighted by Gasteiger charge is -2.46. The maximum atomic E-state index is 11.4. The molecule has 26 heavy (non-hydrogen) atoms. The number of rotatable bonds is 5. The first-order chi connectivity index (χ1) is 12.2. The minimum Gasteiger partial charge on any atom is -0.394 e. The summed E-state index contributed by atoms with van der Waals surface area (Å²) in [5, 5.41) is 70.5. The second kappa shape index (κ2) is 8.84. The molecule has 2 aliphatic heterocycles. The molecule has 10 atom stereocenters. The number of hydrogen-bond acceptors (Lipinski definition) is 11. The van der Waals surface area contributed by atoms with Gasteiger partial charge in [0.15, 0.2) is 12.6 Å². The summed E-state index contributed by atoms with van der Waals surface area (Å²) in [5.74, 6) is -0.574. The molecule has 0 saturated carbocycles. The summed E-state index contributed by atoms with van der Waals surface area (Å²) < 4.78 is 15.8. The van der Waals surface area contributed by atoms with Crippen LogP contribution < -0.4 is 5.32 Å². The van der Waals surface area contributed by atoms with Crippen molar-refractivity contribution in [2.24, 2.45) is 0 Å². The number of carbonyl (C=O) groups excluding carboxylic acids is 1. The lowest BCUT2D eigenvalue weighted by Crippen LogP contribution is -2.67. The van der Waals surface area contributed by atoms with E-state index in [1.165, 1.54) is 0 Å². The molecule has 0 bridgehead atoms. The standard InChI is InChI=1S/C14H25NO11/c1-4(18)15-7-9(20)8(19)5(2-16)25-14(7)26-12-6(3-17)24-13(23)11(22)10(12)21/h5-14,16-17,19-23H,2-3H2,1H3,(H,15,18)/t5-,6-,7-,8-,9-,10-,11-,12+,13+,14-/m1/s1. The van der Waals surface area contributed by atoms with E-state index in [0.717, 1.165) is 6.92 Å². The zero-order valence-corrected chi connectivity index (χ0v) is 14.0. The Kier molecular flexibility index (Phi) is 7.27. The molecule has 2 saturated heterocycles. The van der Waals surface area contributed by atoms with Gasteiger partial charge in [-0.2, -0.15) is 0 Å².